The number of aromatic nitrogens is 2. The van der Waals surface area contributed by atoms with E-state index in [-0.39, 0.29) is 12.0 Å². The van der Waals surface area contributed by atoms with Crippen molar-refractivity contribution in [1.82, 2.24) is 9.97 Å². The van der Waals surface area contributed by atoms with Crippen LogP contribution in [0.5, 0.6) is 5.88 Å². The molecule has 8 heteroatoms. The number of hydrogen-bond acceptors (Lipinski definition) is 6. The highest BCUT2D eigenvalue weighted by Crippen LogP contribution is 2.43. The van der Waals surface area contributed by atoms with Crippen molar-refractivity contribution in [3.8, 4) is 11.9 Å². The minimum absolute atomic E-state index is 0.0265. The average molecular weight is 455 g/mol. The van der Waals surface area contributed by atoms with Gasteiger partial charge >= 0.3 is 5.91 Å². The van der Waals surface area contributed by atoms with E-state index in [9.17, 15) is 4.79 Å². The maximum atomic E-state index is 13.0. The molecule has 2 bridgehead atoms. The lowest BCUT2D eigenvalue weighted by Crippen LogP contribution is -2.63. The Balaban J connectivity index is 1.50. The molecule has 7 nitrogen and oxygen atoms in total. The van der Waals surface area contributed by atoms with E-state index < -0.39 is 0 Å². The number of carbonyl (C=O) groups excluding carboxylic acids is 1. The van der Waals surface area contributed by atoms with Gasteiger partial charge in [0.2, 0.25) is 5.88 Å². The number of amides is 1. The van der Waals surface area contributed by atoms with Gasteiger partial charge in [0.1, 0.15) is 18.2 Å². The number of piperidine rings is 1. The third kappa shape index (κ3) is 3.94. The number of nitriles is 1. The van der Waals surface area contributed by atoms with Crippen molar-refractivity contribution in [2.75, 3.05) is 12.4 Å². The second-order valence-electron chi connectivity index (χ2n) is 9.32. The van der Waals surface area contributed by atoms with Crippen LogP contribution in [0.25, 0.3) is 0 Å². The Bertz CT molecular complexity index is 1070. The minimum Gasteiger partial charge on any atom is -0.474 e. The first-order chi connectivity index (χ1) is 15.2. The molecule has 0 radical (unpaired) electrons. The van der Waals surface area contributed by atoms with Crippen molar-refractivity contribution in [1.29, 1.82) is 5.26 Å². The molecule has 1 aromatic carbocycles. The van der Waals surface area contributed by atoms with Crippen LogP contribution in [0.1, 0.15) is 50.7 Å². The standard InChI is InChI=1S/C24H29ClN5O2/c1-14(2)24(31)30(4)17-6-7-18(30)11-19(10-17)32-23-15(3)22(27-13-28-23)29-21-8-5-16(12-26)9-20(21)25/h5,8-9,13-14,17-19H,6-7,10-11H2,1-4H3,(H,27,28,29)/q+1. The second kappa shape index (κ2) is 8.68. The Kier molecular flexibility index (Phi) is 6.11. The van der Waals surface area contributed by atoms with Gasteiger partial charge in [-0.25, -0.2) is 14.8 Å². The van der Waals surface area contributed by atoms with Gasteiger partial charge in [-0.05, 0) is 39.0 Å². The van der Waals surface area contributed by atoms with Crippen molar-refractivity contribution in [2.45, 2.75) is 64.6 Å². The van der Waals surface area contributed by atoms with Gasteiger partial charge < -0.3 is 10.1 Å². The highest BCUT2D eigenvalue weighted by molar-refractivity contribution is 6.33. The van der Waals surface area contributed by atoms with Gasteiger partial charge in [-0.15, -0.1) is 0 Å². The fourth-order valence-electron chi connectivity index (χ4n) is 5.26. The van der Waals surface area contributed by atoms with E-state index in [1.807, 2.05) is 20.8 Å². The summed E-state index contributed by atoms with van der Waals surface area (Å²) in [4.78, 5) is 21.7. The van der Waals surface area contributed by atoms with E-state index in [1.165, 1.54) is 6.33 Å². The van der Waals surface area contributed by atoms with Crippen LogP contribution < -0.4 is 10.1 Å². The highest BCUT2D eigenvalue weighted by atomic mass is 35.5. The number of rotatable bonds is 5. The zero-order valence-corrected chi connectivity index (χ0v) is 19.7. The number of ether oxygens (including phenoxy) is 1. The predicted molar refractivity (Wildman–Crippen MR) is 123 cm³/mol. The fraction of sp³-hybridized carbons (Fsp3) is 0.500. The number of nitrogens with one attached hydrogen (secondary N) is 1. The molecule has 2 aliphatic heterocycles. The number of anilines is 2. The van der Waals surface area contributed by atoms with E-state index in [0.717, 1.165) is 31.2 Å². The number of quaternary nitrogens is 1. The van der Waals surface area contributed by atoms with Crippen molar-refractivity contribution in [3.05, 3.63) is 40.7 Å². The van der Waals surface area contributed by atoms with E-state index in [0.29, 0.717) is 50.4 Å². The number of hydrogen-bond donors (Lipinski definition) is 1. The Labute approximate surface area is 194 Å². The third-order valence-electron chi connectivity index (χ3n) is 7.06. The first-order valence-corrected chi connectivity index (χ1v) is 11.5. The summed E-state index contributed by atoms with van der Waals surface area (Å²) in [5, 5.41) is 12.7. The molecule has 0 aliphatic carbocycles. The second-order valence-corrected chi connectivity index (χ2v) is 9.73. The molecule has 1 N–H and O–H groups in total. The minimum atomic E-state index is 0.0265. The molecule has 1 aromatic heterocycles. The van der Waals surface area contributed by atoms with Crippen LogP contribution in [0.2, 0.25) is 5.02 Å². The van der Waals surface area contributed by atoms with Gasteiger partial charge in [0.25, 0.3) is 0 Å². The zero-order chi connectivity index (χ0) is 23.0. The quantitative estimate of drug-likeness (QED) is 0.655. The molecule has 2 saturated heterocycles. The van der Waals surface area contributed by atoms with Crippen molar-refractivity contribution >= 4 is 29.0 Å². The smallest absolute Gasteiger partial charge is 0.316 e. The van der Waals surface area contributed by atoms with Gasteiger partial charge in [0, 0.05) is 25.7 Å². The van der Waals surface area contributed by atoms with E-state index in [2.05, 4.69) is 28.4 Å². The number of carbonyl (C=O) groups is 1. The maximum absolute atomic E-state index is 13.0. The average Bonchev–Trinajstić information content (AvgIpc) is 2.94. The van der Waals surface area contributed by atoms with Gasteiger partial charge in [-0.2, -0.15) is 5.26 Å². The molecular formula is C24H29ClN5O2+. The molecule has 2 atom stereocenters. The van der Waals surface area contributed by atoms with Crippen LogP contribution in [-0.4, -0.2) is 45.6 Å². The van der Waals surface area contributed by atoms with Crippen LogP contribution in [-0.2, 0) is 4.79 Å². The van der Waals surface area contributed by atoms with Gasteiger partial charge in [-0.3, -0.25) is 4.48 Å². The largest absolute Gasteiger partial charge is 0.474 e. The summed E-state index contributed by atoms with van der Waals surface area (Å²) in [6, 6.07) is 7.74. The first kappa shape index (κ1) is 22.5. The number of benzene rings is 1. The molecule has 0 spiro atoms. The van der Waals surface area contributed by atoms with Crippen LogP contribution in [0.4, 0.5) is 11.5 Å². The Hall–Kier alpha value is -2.69. The van der Waals surface area contributed by atoms with E-state index in [4.69, 9.17) is 21.6 Å². The lowest BCUT2D eigenvalue weighted by molar-refractivity contribution is -0.879. The molecule has 3 heterocycles. The number of halogens is 1. The number of fused-ring (bicyclic) bond motifs is 2. The normalized spacial score (nSPS) is 26.6. The molecule has 4 rings (SSSR count). The lowest BCUT2D eigenvalue weighted by Gasteiger charge is -2.45. The van der Waals surface area contributed by atoms with Crippen LogP contribution >= 0.6 is 11.6 Å². The Morgan fingerprint density at radius 3 is 2.56 bits per heavy atom. The van der Waals surface area contributed by atoms with Crippen molar-refractivity contribution in [3.63, 3.8) is 0 Å². The molecule has 32 heavy (non-hydrogen) atoms. The summed E-state index contributed by atoms with van der Waals surface area (Å²) >= 11 is 6.30. The van der Waals surface area contributed by atoms with Gasteiger partial charge in [0.15, 0.2) is 0 Å². The predicted octanol–water partition coefficient (Wildman–Crippen LogP) is 4.76. The molecule has 1 amide bonds. The topological polar surface area (TPSA) is 87.9 Å². The van der Waals surface area contributed by atoms with Gasteiger partial charge in [-0.1, -0.05) is 11.6 Å². The lowest BCUT2D eigenvalue weighted by atomic mass is 9.94. The zero-order valence-electron chi connectivity index (χ0n) is 18.9. The molecule has 2 unspecified atom stereocenters. The SMILES string of the molecule is Cc1c(Nc2ccc(C#N)cc2Cl)ncnc1OC1CC2CCC(C1)[N+]2(C)C(=O)C(C)C. The van der Waals surface area contributed by atoms with Crippen molar-refractivity contribution in [2.24, 2.45) is 5.92 Å². The molecular weight excluding hydrogens is 426 g/mol. The van der Waals surface area contributed by atoms with Gasteiger partial charge in [0.05, 0.1) is 53.0 Å². The summed E-state index contributed by atoms with van der Waals surface area (Å²) in [6.45, 7) is 5.90. The maximum Gasteiger partial charge on any atom is 0.316 e. The fourth-order valence-corrected chi connectivity index (χ4v) is 5.49. The number of nitrogens with zero attached hydrogens (tertiary/aromatic N) is 4. The van der Waals surface area contributed by atoms with Crippen LogP contribution in [0.15, 0.2) is 24.5 Å². The summed E-state index contributed by atoms with van der Waals surface area (Å²) in [5.74, 6) is 1.52. The molecule has 0 saturated carbocycles. The Morgan fingerprint density at radius 2 is 1.97 bits per heavy atom. The first-order valence-electron chi connectivity index (χ1n) is 11.1. The van der Waals surface area contributed by atoms with E-state index in [1.54, 1.807) is 18.2 Å². The van der Waals surface area contributed by atoms with Crippen LogP contribution in [0, 0.1) is 24.2 Å². The molecule has 2 aliphatic rings. The monoisotopic (exact) mass is 454 g/mol. The summed E-state index contributed by atoms with van der Waals surface area (Å²) < 4.78 is 6.90. The summed E-state index contributed by atoms with van der Waals surface area (Å²) in [5.41, 5.74) is 1.95. The molecule has 168 valence electrons. The van der Waals surface area contributed by atoms with Crippen LogP contribution in [0.3, 0.4) is 0 Å². The van der Waals surface area contributed by atoms with E-state index >= 15 is 0 Å². The summed E-state index contributed by atoms with van der Waals surface area (Å²) in [6.07, 6.45) is 5.32. The summed E-state index contributed by atoms with van der Waals surface area (Å²) in [7, 11) is 2.11. The Morgan fingerprint density at radius 1 is 1.28 bits per heavy atom. The van der Waals surface area contributed by atoms with Crippen molar-refractivity contribution < 1.29 is 14.0 Å². The third-order valence-corrected chi connectivity index (χ3v) is 7.37. The molecule has 2 aromatic rings. The molecule has 2 fully saturated rings. The highest BCUT2D eigenvalue weighted by Gasteiger charge is 2.56.